The van der Waals surface area contributed by atoms with Crippen molar-refractivity contribution >= 4 is 17.5 Å². The number of rotatable bonds is 6. The number of halogens is 1. The molecule has 27 heavy (non-hydrogen) atoms. The second-order valence-corrected chi connectivity index (χ2v) is 6.32. The van der Waals surface area contributed by atoms with Crippen LogP contribution >= 0.6 is 11.6 Å². The molecule has 1 heterocycles. The molecule has 3 rings (SSSR count). The van der Waals surface area contributed by atoms with Gasteiger partial charge in [0.05, 0.1) is 13.7 Å². The Bertz CT molecular complexity index is 991. The Morgan fingerprint density at radius 3 is 2.44 bits per heavy atom. The van der Waals surface area contributed by atoms with Crippen LogP contribution < -0.4 is 15.7 Å². The fourth-order valence-electron chi connectivity index (χ4n) is 2.60. The number of ether oxygens (including phenoxy) is 1. The summed E-state index contributed by atoms with van der Waals surface area (Å²) >= 11 is 5.82. The lowest BCUT2D eigenvalue weighted by Gasteiger charge is -2.05. The van der Waals surface area contributed by atoms with Crippen molar-refractivity contribution in [3.63, 3.8) is 0 Å². The van der Waals surface area contributed by atoms with E-state index in [1.165, 1.54) is 9.25 Å². The van der Waals surface area contributed by atoms with Crippen molar-refractivity contribution in [2.75, 3.05) is 13.7 Å². The maximum absolute atomic E-state index is 12.4. The van der Waals surface area contributed by atoms with E-state index < -0.39 is 0 Å². The van der Waals surface area contributed by atoms with Crippen LogP contribution in [-0.2, 0) is 13.6 Å². The monoisotopic (exact) mass is 386 g/mol. The van der Waals surface area contributed by atoms with E-state index >= 15 is 0 Å². The van der Waals surface area contributed by atoms with Crippen molar-refractivity contribution < 1.29 is 9.53 Å². The Morgan fingerprint density at radius 1 is 1.15 bits per heavy atom. The molecule has 0 saturated heterocycles. The lowest BCUT2D eigenvalue weighted by molar-refractivity contribution is 0.0952. The first kappa shape index (κ1) is 18.7. The maximum Gasteiger partial charge on any atom is 0.345 e. The van der Waals surface area contributed by atoms with E-state index in [0.29, 0.717) is 16.4 Å². The quantitative estimate of drug-likeness (QED) is 0.705. The van der Waals surface area contributed by atoms with E-state index in [0.717, 1.165) is 11.3 Å². The topological polar surface area (TPSA) is 78.2 Å². The van der Waals surface area contributed by atoms with Crippen LogP contribution in [-0.4, -0.2) is 33.9 Å². The maximum atomic E-state index is 12.4. The number of methoxy groups -OCH3 is 1. The highest BCUT2D eigenvalue weighted by Crippen LogP contribution is 2.19. The molecule has 0 bridgehead atoms. The van der Waals surface area contributed by atoms with Crippen LogP contribution in [0.15, 0.2) is 53.3 Å². The number of benzene rings is 2. The van der Waals surface area contributed by atoms with Gasteiger partial charge in [-0.15, -0.1) is 5.10 Å². The minimum absolute atomic E-state index is 0.231. The third-order valence-corrected chi connectivity index (χ3v) is 4.36. The summed E-state index contributed by atoms with van der Waals surface area (Å²) in [5.41, 5.74) is 1.06. The van der Waals surface area contributed by atoms with Gasteiger partial charge in [-0.25, -0.2) is 9.48 Å². The van der Waals surface area contributed by atoms with E-state index in [9.17, 15) is 9.59 Å². The van der Waals surface area contributed by atoms with E-state index in [-0.39, 0.29) is 24.7 Å². The van der Waals surface area contributed by atoms with Gasteiger partial charge >= 0.3 is 5.69 Å². The van der Waals surface area contributed by atoms with Gasteiger partial charge in [-0.05, 0) is 48.5 Å². The first-order chi connectivity index (χ1) is 13.0. The van der Waals surface area contributed by atoms with Crippen molar-refractivity contribution in [3.05, 3.63) is 69.6 Å². The normalized spacial score (nSPS) is 10.6. The van der Waals surface area contributed by atoms with Gasteiger partial charge in [-0.1, -0.05) is 11.6 Å². The second kappa shape index (κ2) is 8.09. The Labute approximate surface area is 161 Å². The van der Waals surface area contributed by atoms with Crippen molar-refractivity contribution in [3.8, 4) is 17.1 Å². The number of hydrogen-bond acceptors (Lipinski definition) is 4. The van der Waals surface area contributed by atoms with Gasteiger partial charge in [-0.2, -0.15) is 0 Å². The van der Waals surface area contributed by atoms with E-state index in [1.807, 2.05) is 24.3 Å². The third kappa shape index (κ3) is 4.20. The second-order valence-electron chi connectivity index (χ2n) is 5.88. The molecule has 0 aliphatic rings. The van der Waals surface area contributed by atoms with Gasteiger partial charge in [-0.3, -0.25) is 9.36 Å². The zero-order valence-electron chi connectivity index (χ0n) is 15.0. The molecule has 0 fully saturated rings. The molecule has 0 radical (unpaired) electrons. The van der Waals surface area contributed by atoms with Gasteiger partial charge in [0.1, 0.15) is 5.75 Å². The molecule has 7 nitrogen and oxygen atoms in total. The Hall–Kier alpha value is -3.06. The fourth-order valence-corrected chi connectivity index (χ4v) is 2.73. The zero-order chi connectivity index (χ0) is 19.4. The highest BCUT2D eigenvalue weighted by Gasteiger charge is 2.12. The summed E-state index contributed by atoms with van der Waals surface area (Å²) in [6, 6.07) is 13.9. The number of nitrogens with zero attached hydrogens (tertiary/aromatic N) is 3. The molecule has 140 valence electrons. The SMILES string of the molecule is COc1ccc(-c2nn(CCNC(=O)c3ccc(Cl)cc3)c(=O)n2C)cc1. The largest absolute Gasteiger partial charge is 0.497 e. The van der Waals surface area contributed by atoms with Crippen LogP contribution in [0.2, 0.25) is 5.02 Å². The van der Waals surface area contributed by atoms with Crippen molar-refractivity contribution in [1.82, 2.24) is 19.7 Å². The molecular formula is C19H19ClN4O3. The van der Waals surface area contributed by atoms with Crippen LogP contribution in [0.3, 0.4) is 0 Å². The van der Waals surface area contributed by atoms with Crippen LogP contribution in [0.4, 0.5) is 0 Å². The van der Waals surface area contributed by atoms with Gasteiger partial charge in [0, 0.05) is 29.7 Å². The van der Waals surface area contributed by atoms with E-state index in [1.54, 1.807) is 38.4 Å². The van der Waals surface area contributed by atoms with Crippen molar-refractivity contribution in [2.45, 2.75) is 6.54 Å². The summed E-state index contributed by atoms with van der Waals surface area (Å²) in [5.74, 6) is 1.05. The molecule has 0 aliphatic carbocycles. The summed E-state index contributed by atoms with van der Waals surface area (Å²) in [7, 11) is 3.26. The van der Waals surface area contributed by atoms with Crippen molar-refractivity contribution in [1.29, 1.82) is 0 Å². The molecule has 2 aromatic carbocycles. The molecular weight excluding hydrogens is 368 g/mol. The smallest absolute Gasteiger partial charge is 0.345 e. The molecule has 0 aliphatic heterocycles. The molecule has 8 heteroatoms. The molecule has 1 amide bonds. The van der Waals surface area contributed by atoms with E-state index in [2.05, 4.69) is 10.4 Å². The predicted molar refractivity (Wildman–Crippen MR) is 103 cm³/mol. The van der Waals surface area contributed by atoms with Crippen molar-refractivity contribution in [2.24, 2.45) is 7.05 Å². The van der Waals surface area contributed by atoms with Gasteiger partial charge < -0.3 is 10.1 Å². The standard InChI is InChI=1S/C19H19ClN4O3/c1-23-17(13-5-9-16(27-2)10-6-13)22-24(19(23)26)12-11-21-18(25)14-3-7-15(20)8-4-14/h3-10H,11-12H2,1-2H3,(H,21,25). The highest BCUT2D eigenvalue weighted by molar-refractivity contribution is 6.30. The Balaban J connectivity index is 1.68. The summed E-state index contributed by atoms with van der Waals surface area (Å²) in [5, 5.41) is 7.71. The van der Waals surface area contributed by atoms with Gasteiger partial charge in [0.2, 0.25) is 0 Å². The Morgan fingerprint density at radius 2 is 1.81 bits per heavy atom. The summed E-state index contributed by atoms with van der Waals surface area (Å²) in [6.45, 7) is 0.544. The predicted octanol–water partition coefficient (Wildman–Crippen LogP) is 2.34. The number of hydrogen-bond donors (Lipinski definition) is 1. The van der Waals surface area contributed by atoms with Crippen LogP contribution in [0.1, 0.15) is 10.4 Å². The number of amides is 1. The average Bonchev–Trinajstić information content (AvgIpc) is 2.97. The average molecular weight is 387 g/mol. The molecule has 0 spiro atoms. The lowest BCUT2D eigenvalue weighted by atomic mass is 10.2. The van der Waals surface area contributed by atoms with Crippen LogP contribution in [0.5, 0.6) is 5.75 Å². The highest BCUT2D eigenvalue weighted by atomic mass is 35.5. The number of carbonyl (C=O) groups is 1. The first-order valence-corrected chi connectivity index (χ1v) is 8.69. The molecule has 0 atom stereocenters. The molecule has 3 aromatic rings. The van der Waals surface area contributed by atoms with E-state index in [4.69, 9.17) is 16.3 Å². The third-order valence-electron chi connectivity index (χ3n) is 4.10. The van der Waals surface area contributed by atoms with Gasteiger partial charge in [0.25, 0.3) is 5.91 Å². The Kier molecular flexibility index (Phi) is 5.61. The molecule has 0 unspecified atom stereocenters. The number of nitrogens with one attached hydrogen (secondary N) is 1. The number of aromatic nitrogens is 3. The molecule has 0 saturated carbocycles. The zero-order valence-corrected chi connectivity index (χ0v) is 15.7. The summed E-state index contributed by atoms with van der Waals surface area (Å²) < 4.78 is 7.95. The fraction of sp³-hybridized carbons (Fsp3) is 0.211. The van der Waals surface area contributed by atoms with Crippen LogP contribution in [0, 0.1) is 0 Å². The van der Waals surface area contributed by atoms with Gasteiger partial charge in [0.15, 0.2) is 5.82 Å². The molecule has 1 N–H and O–H groups in total. The number of carbonyl (C=O) groups excluding carboxylic acids is 1. The molecule has 1 aromatic heterocycles. The summed E-state index contributed by atoms with van der Waals surface area (Å²) in [4.78, 5) is 24.5. The minimum atomic E-state index is -0.249. The minimum Gasteiger partial charge on any atom is -0.497 e. The van der Waals surface area contributed by atoms with Crippen LogP contribution in [0.25, 0.3) is 11.4 Å². The lowest BCUT2D eigenvalue weighted by Crippen LogP contribution is -2.31. The first-order valence-electron chi connectivity index (χ1n) is 8.31. The summed E-state index contributed by atoms with van der Waals surface area (Å²) in [6.07, 6.45) is 0.